The third-order valence-corrected chi connectivity index (χ3v) is 4.74. The molecule has 0 amide bonds. The first-order valence-corrected chi connectivity index (χ1v) is 6.54. The zero-order chi connectivity index (χ0) is 10.4. The molecule has 1 aliphatic heterocycles. The zero-order valence-electron chi connectivity index (χ0n) is 9.74. The monoisotopic (exact) mass is 206 g/mol. The van der Waals surface area contributed by atoms with Crippen LogP contribution in [0.5, 0.6) is 0 Å². The van der Waals surface area contributed by atoms with E-state index < -0.39 is 0 Å². The molecule has 2 saturated carbocycles. The van der Waals surface area contributed by atoms with E-state index in [0.717, 1.165) is 30.6 Å². The zero-order valence-corrected chi connectivity index (χ0v) is 9.74. The number of rotatable bonds is 1. The van der Waals surface area contributed by atoms with Crippen LogP contribution in [0.1, 0.15) is 45.4 Å². The molecule has 1 nitrogen and oxygen atoms in total. The van der Waals surface area contributed by atoms with Gasteiger partial charge in [-0.15, -0.1) is 0 Å². The van der Waals surface area contributed by atoms with E-state index in [1.165, 1.54) is 31.3 Å². The van der Waals surface area contributed by atoms with E-state index >= 15 is 0 Å². The van der Waals surface area contributed by atoms with Crippen molar-refractivity contribution in [2.45, 2.75) is 57.7 Å². The molecule has 3 fully saturated rings. The first kappa shape index (κ1) is 9.89. The van der Waals surface area contributed by atoms with E-state index in [4.69, 9.17) is 4.74 Å². The molecule has 0 aromatic heterocycles. The molecule has 84 valence electrons. The van der Waals surface area contributed by atoms with E-state index in [1.54, 1.807) is 0 Å². The predicted molar refractivity (Wildman–Crippen MR) is 61.6 cm³/mol. The molecule has 1 saturated heterocycles. The van der Waals surface area contributed by atoms with Crippen molar-refractivity contribution >= 4 is 0 Å². The first-order valence-electron chi connectivity index (χ1n) is 6.54. The van der Waals surface area contributed by atoms with E-state index in [-0.39, 0.29) is 0 Å². The van der Waals surface area contributed by atoms with Gasteiger partial charge in [0.05, 0.1) is 12.2 Å². The molecule has 15 heavy (non-hydrogen) atoms. The Hall–Kier alpha value is -0.300. The largest absolute Gasteiger partial charge is 0.374 e. The maximum absolute atomic E-state index is 6.13. The van der Waals surface area contributed by atoms with Crippen LogP contribution in [0.4, 0.5) is 0 Å². The van der Waals surface area contributed by atoms with Crippen LogP contribution in [0, 0.1) is 17.8 Å². The number of hydrogen-bond acceptors (Lipinski definition) is 1. The second-order valence-electron chi connectivity index (χ2n) is 5.98. The molecule has 0 spiro atoms. The maximum atomic E-state index is 6.13. The van der Waals surface area contributed by atoms with Crippen LogP contribution in [-0.2, 0) is 4.74 Å². The molecule has 1 heteroatoms. The van der Waals surface area contributed by atoms with Crippen LogP contribution in [0.25, 0.3) is 0 Å². The van der Waals surface area contributed by atoms with Crippen molar-refractivity contribution in [2.75, 3.05) is 0 Å². The molecule has 0 aromatic rings. The normalized spacial score (nSPS) is 49.9. The predicted octanol–water partition coefficient (Wildman–Crippen LogP) is 3.55. The molecule has 0 N–H and O–H groups in total. The highest BCUT2D eigenvalue weighted by atomic mass is 16.5. The Morgan fingerprint density at radius 1 is 1.20 bits per heavy atom. The molecule has 2 bridgehead atoms. The quantitative estimate of drug-likeness (QED) is 0.596. The summed E-state index contributed by atoms with van der Waals surface area (Å²) in [5.74, 6) is 2.88. The molecule has 3 rings (SSSR count). The minimum Gasteiger partial charge on any atom is -0.374 e. The first-order chi connectivity index (χ1) is 7.22. The Kier molecular flexibility index (Phi) is 2.39. The summed E-state index contributed by atoms with van der Waals surface area (Å²) in [5, 5.41) is 0. The van der Waals surface area contributed by atoms with Gasteiger partial charge in [0.15, 0.2) is 0 Å². The van der Waals surface area contributed by atoms with E-state index in [2.05, 4.69) is 13.5 Å². The van der Waals surface area contributed by atoms with Gasteiger partial charge in [0.25, 0.3) is 0 Å². The summed E-state index contributed by atoms with van der Waals surface area (Å²) in [7, 11) is 0. The Labute approximate surface area is 92.9 Å². The lowest BCUT2D eigenvalue weighted by molar-refractivity contribution is -0.0635. The topological polar surface area (TPSA) is 9.23 Å². The third-order valence-electron chi connectivity index (χ3n) is 4.74. The van der Waals surface area contributed by atoms with Gasteiger partial charge in [-0.05, 0) is 56.8 Å². The molecular weight excluding hydrogens is 184 g/mol. The molecule has 5 unspecified atom stereocenters. The van der Waals surface area contributed by atoms with Crippen molar-refractivity contribution in [3.05, 3.63) is 12.2 Å². The van der Waals surface area contributed by atoms with Crippen LogP contribution in [-0.4, -0.2) is 12.2 Å². The Morgan fingerprint density at radius 3 is 2.67 bits per heavy atom. The number of fused-ring (bicyclic) bond motifs is 2. The molecular formula is C14H22O. The Bertz CT molecular complexity index is 271. The van der Waals surface area contributed by atoms with Gasteiger partial charge >= 0.3 is 0 Å². The minimum absolute atomic E-state index is 0.412. The van der Waals surface area contributed by atoms with Crippen molar-refractivity contribution in [1.29, 1.82) is 0 Å². The molecule has 0 aromatic carbocycles. The average Bonchev–Trinajstić information content (AvgIpc) is 2.76. The highest BCUT2D eigenvalue weighted by molar-refractivity contribution is 5.05. The molecule has 3 aliphatic rings. The fourth-order valence-electron chi connectivity index (χ4n) is 4.17. The van der Waals surface area contributed by atoms with Gasteiger partial charge in [0.1, 0.15) is 0 Å². The number of hydrogen-bond donors (Lipinski definition) is 0. The van der Waals surface area contributed by atoms with Crippen LogP contribution in [0.15, 0.2) is 12.2 Å². The van der Waals surface area contributed by atoms with Gasteiger partial charge in [-0.2, -0.15) is 0 Å². The fourth-order valence-corrected chi connectivity index (χ4v) is 4.17. The van der Waals surface area contributed by atoms with E-state index in [9.17, 15) is 0 Å². The highest BCUT2D eigenvalue weighted by Gasteiger charge is 2.44. The lowest BCUT2D eigenvalue weighted by Gasteiger charge is -2.37. The van der Waals surface area contributed by atoms with Crippen molar-refractivity contribution in [3.8, 4) is 0 Å². The summed E-state index contributed by atoms with van der Waals surface area (Å²) in [6.07, 6.45) is 9.03. The second kappa shape index (κ2) is 3.62. The van der Waals surface area contributed by atoms with E-state index in [1.807, 2.05) is 0 Å². The summed E-state index contributed by atoms with van der Waals surface area (Å²) in [4.78, 5) is 0. The summed E-state index contributed by atoms with van der Waals surface area (Å²) in [6.45, 7) is 6.37. The molecule has 1 heterocycles. The minimum atomic E-state index is 0.412. The third kappa shape index (κ3) is 1.75. The molecule has 5 atom stereocenters. The van der Waals surface area contributed by atoms with Crippen LogP contribution in [0.3, 0.4) is 0 Å². The highest BCUT2D eigenvalue weighted by Crippen LogP contribution is 2.51. The van der Waals surface area contributed by atoms with E-state index in [0.29, 0.717) is 12.2 Å². The average molecular weight is 206 g/mol. The lowest BCUT2D eigenvalue weighted by Crippen LogP contribution is -2.35. The summed E-state index contributed by atoms with van der Waals surface area (Å²) in [5.41, 5.74) is 1.42. The summed E-state index contributed by atoms with van der Waals surface area (Å²) in [6, 6.07) is 0. The van der Waals surface area contributed by atoms with Gasteiger partial charge < -0.3 is 4.74 Å². The van der Waals surface area contributed by atoms with Crippen LogP contribution < -0.4 is 0 Å². The SMILES string of the molecule is C=C1CC(C)OC(C2CC3CCC2C3)C1. The Balaban J connectivity index is 1.69. The van der Waals surface area contributed by atoms with Crippen molar-refractivity contribution in [2.24, 2.45) is 17.8 Å². The fraction of sp³-hybridized carbons (Fsp3) is 0.857. The number of ether oxygens (including phenoxy) is 1. The summed E-state index contributed by atoms with van der Waals surface area (Å²) >= 11 is 0. The van der Waals surface area contributed by atoms with Gasteiger partial charge in [0.2, 0.25) is 0 Å². The Morgan fingerprint density at radius 2 is 2.07 bits per heavy atom. The summed E-state index contributed by atoms with van der Waals surface area (Å²) < 4.78 is 6.13. The van der Waals surface area contributed by atoms with Crippen molar-refractivity contribution in [1.82, 2.24) is 0 Å². The van der Waals surface area contributed by atoms with Gasteiger partial charge in [0, 0.05) is 0 Å². The van der Waals surface area contributed by atoms with Gasteiger partial charge in [-0.3, -0.25) is 0 Å². The standard InChI is InChI=1S/C14H22O/c1-9-5-10(2)15-14(6-9)13-8-11-3-4-12(13)7-11/h10-14H,1,3-8H2,2H3. The van der Waals surface area contributed by atoms with Crippen molar-refractivity contribution < 1.29 is 4.74 Å². The van der Waals surface area contributed by atoms with Gasteiger partial charge in [-0.25, -0.2) is 0 Å². The van der Waals surface area contributed by atoms with Crippen LogP contribution >= 0.6 is 0 Å². The second-order valence-corrected chi connectivity index (χ2v) is 5.98. The molecule has 2 aliphatic carbocycles. The van der Waals surface area contributed by atoms with Gasteiger partial charge in [-0.1, -0.05) is 18.6 Å². The lowest BCUT2D eigenvalue weighted by atomic mass is 9.81. The molecule has 0 radical (unpaired) electrons. The smallest absolute Gasteiger partial charge is 0.0646 e. The van der Waals surface area contributed by atoms with Crippen molar-refractivity contribution in [3.63, 3.8) is 0 Å². The maximum Gasteiger partial charge on any atom is 0.0646 e. The van der Waals surface area contributed by atoms with Crippen LogP contribution in [0.2, 0.25) is 0 Å².